The fourth-order valence-corrected chi connectivity index (χ4v) is 6.13. The lowest BCUT2D eigenvalue weighted by Gasteiger charge is -2.40. The third-order valence-corrected chi connectivity index (χ3v) is 7.66. The summed E-state index contributed by atoms with van der Waals surface area (Å²) in [5.41, 5.74) is 0. The lowest BCUT2D eigenvalue weighted by atomic mass is 9.65. The van der Waals surface area contributed by atoms with E-state index in [1.54, 1.807) is 64.2 Å². The first-order chi connectivity index (χ1) is 10.9. The zero-order chi connectivity index (χ0) is 15.2. The van der Waals surface area contributed by atoms with Crippen LogP contribution in [0, 0.1) is 29.6 Å². The first-order valence-electron chi connectivity index (χ1n) is 10.9. The molecule has 128 valence electrons. The second-order valence-electron chi connectivity index (χ2n) is 9.00. The van der Waals surface area contributed by atoms with E-state index < -0.39 is 0 Å². The van der Waals surface area contributed by atoms with Gasteiger partial charge >= 0.3 is 0 Å². The van der Waals surface area contributed by atoms with E-state index in [2.05, 4.69) is 6.92 Å². The highest BCUT2D eigenvalue weighted by molar-refractivity contribution is 4.84. The van der Waals surface area contributed by atoms with Crippen molar-refractivity contribution >= 4 is 0 Å². The summed E-state index contributed by atoms with van der Waals surface area (Å²) in [6.45, 7) is 2.34. The van der Waals surface area contributed by atoms with Gasteiger partial charge in [-0.3, -0.25) is 0 Å². The average molecular weight is 305 g/mol. The van der Waals surface area contributed by atoms with Crippen molar-refractivity contribution < 1.29 is 0 Å². The summed E-state index contributed by atoms with van der Waals surface area (Å²) < 4.78 is 0. The molecule has 3 aliphatic rings. The van der Waals surface area contributed by atoms with Gasteiger partial charge in [-0.2, -0.15) is 0 Å². The minimum absolute atomic E-state index is 1.09. The predicted octanol–water partition coefficient (Wildman–Crippen LogP) is 7.37. The number of hydrogen-bond donors (Lipinski definition) is 0. The molecule has 22 heavy (non-hydrogen) atoms. The predicted molar refractivity (Wildman–Crippen MR) is 97.0 cm³/mol. The maximum absolute atomic E-state index is 2.34. The van der Waals surface area contributed by atoms with Crippen LogP contribution in [0.1, 0.15) is 110 Å². The summed E-state index contributed by atoms with van der Waals surface area (Å²) in [6.07, 6.45) is 24.8. The molecule has 0 aromatic carbocycles. The Morgan fingerprint density at radius 1 is 0.545 bits per heavy atom. The average Bonchev–Trinajstić information content (AvgIpc) is 2.61. The zero-order valence-corrected chi connectivity index (χ0v) is 15.2. The molecule has 0 amide bonds. The van der Waals surface area contributed by atoms with Crippen molar-refractivity contribution in [2.45, 2.75) is 110 Å². The van der Waals surface area contributed by atoms with Crippen LogP contribution in [0.3, 0.4) is 0 Å². The minimum Gasteiger partial charge on any atom is -0.0654 e. The second kappa shape index (κ2) is 8.74. The maximum atomic E-state index is 2.34. The molecule has 0 nitrogen and oxygen atoms in total. The van der Waals surface area contributed by atoms with E-state index in [-0.39, 0.29) is 0 Å². The maximum Gasteiger partial charge on any atom is -0.0386 e. The topological polar surface area (TPSA) is 0 Å². The molecular formula is C22H40. The minimum atomic E-state index is 1.09. The summed E-state index contributed by atoms with van der Waals surface area (Å²) in [6, 6.07) is 0. The number of hydrogen-bond acceptors (Lipinski definition) is 0. The van der Waals surface area contributed by atoms with Gasteiger partial charge in [0.1, 0.15) is 0 Å². The molecule has 0 radical (unpaired) electrons. The van der Waals surface area contributed by atoms with Gasteiger partial charge in [-0.15, -0.1) is 0 Å². The van der Waals surface area contributed by atoms with Crippen LogP contribution >= 0.6 is 0 Å². The highest BCUT2D eigenvalue weighted by atomic mass is 14.4. The SMILES string of the molecule is CCCCC1CCC(C2CCC(C3CCCCC3)CC2)CC1. The first kappa shape index (κ1) is 16.8. The molecule has 0 spiro atoms. The molecule has 0 bridgehead atoms. The van der Waals surface area contributed by atoms with Crippen molar-refractivity contribution in [3.63, 3.8) is 0 Å². The fourth-order valence-electron chi connectivity index (χ4n) is 6.13. The molecule has 0 heteroatoms. The highest BCUT2D eigenvalue weighted by Gasteiger charge is 2.33. The normalized spacial score (nSPS) is 38.0. The second-order valence-corrected chi connectivity index (χ2v) is 9.00. The molecule has 0 saturated heterocycles. The van der Waals surface area contributed by atoms with Crippen molar-refractivity contribution in [3.8, 4) is 0 Å². The van der Waals surface area contributed by atoms with E-state index in [9.17, 15) is 0 Å². The Hall–Kier alpha value is 0. The lowest BCUT2D eigenvalue weighted by molar-refractivity contribution is 0.111. The van der Waals surface area contributed by atoms with Crippen LogP contribution in [0.15, 0.2) is 0 Å². The van der Waals surface area contributed by atoms with Crippen molar-refractivity contribution in [2.75, 3.05) is 0 Å². The van der Waals surface area contributed by atoms with Crippen LogP contribution in [-0.2, 0) is 0 Å². The lowest BCUT2D eigenvalue weighted by Crippen LogP contribution is -2.28. The molecule has 0 aromatic heterocycles. The van der Waals surface area contributed by atoms with Gasteiger partial charge in [-0.25, -0.2) is 0 Å². The van der Waals surface area contributed by atoms with Crippen molar-refractivity contribution in [1.29, 1.82) is 0 Å². The summed E-state index contributed by atoms with van der Waals surface area (Å²) in [5, 5.41) is 0. The van der Waals surface area contributed by atoms with Gasteiger partial charge in [-0.05, 0) is 68.1 Å². The van der Waals surface area contributed by atoms with Gasteiger partial charge in [0.25, 0.3) is 0 Å². The van der Waals surface area contributed by atoms with E-state index in [1.807, 2.05) is 0 Å². The highest BCUT2D eigenvalue weighted by Crippen LogP contribution is 2.45. The molecular weight excluding hydrogens is 264 g/mol. The number of rotatable bonds is 5. The molecule has 0 heterocycles. The van der Waals surface area contributed by atoms with E-state index >= 15 is 0 Å². The quantitative estimate of drug-likeness (QED) is 0.497. The Morgan fingerprint density at radius 2 is 1.00 bits per heavy atom. The van der Waals surface area contributed by atoms with Crippen LogP contribution in [0.4, 0.5) is 0 Å². The van der Waals surface area contributed by atoms with Crippen molar-refractivity contribution in [3.05, 3.63) is 0 Å². The van der Waals surface area contributed by atoms with Gasteiger partial charge < -0.3 is 0 Å². The van der Waals surface area contributed by atoms with Crippen LogP contribution in [0.2, 0.25) is 0 Å². The first-order valence-corrected chi connectivity index (χ1v) is 10.9. The molecule has 0 atom stereocenters. The third-order valence-electron chi connectivity index (χ3n) is 7.66. The molecule has 3 aliphatic carbocycles. The molecule has 0 unspecified atom stereocenters. The van der Waals surface area contributed by atoms with Crippen LogP contribution in [0.25, 0.3) is 0 Å². The van der Waals surface area contributed by atoms with Gasteiger partial charge in [0, 0.05) is 0 Å². The molecule has 3 saturated carbocycles. The summed E-state index contributed by atoms with van der Waals surface area (Å²) in [4.78, 5) is 0. The Balaban J connectivity index is 1.37. The molecule has 3 rings (SSSR count). The van der Waals surface area contributed by atoms with Gasteiger partial charge in [0.05, 0.1) is 0 Å². The molecule has 3 fully saturated rings. The van der Waals surface area contributed by atoms with Gasteiger partial charge in [-0.1, -0.05) is 71.1 Å². The Morgan fingerprint density at radius 3 is 1.50 bits per heavy atom. The van der Waals surface area contributed by atoms with Gasteiger partial charge in [0.2, 0.25) is 0 Å². The van der Waals surface area contributed by atoms with E-state index in [0.29, 0.717) is 0 Å². The number of unbranched alkanes of at least 4 members (excludes halogenated alkanes) is 1. The monoisotopic (exact) mass is 304 g/mol. The van der Waals surface area contributed by atoms with Crippen LogP contribution < -0.4 is 0 Å². The van der Waals surface area contributed by atoms with Crippen LogP contribution in [0.5, 0.6) is 0 Å². The third kappa shape index (κ3) is 4.51. The van der Waals surface area contributed by atoms with E-state index in [4.69, 9.17) is 0 Å². The Labute approximate surface area is 139 Å². The smallest absolute Gasteiger partial charge is 0.0386 e. The fraction of sp³-hybridized carbons (Fsp3) is 1.00. The Kier molecular flexibility index (Phi) is 6.69. The van der Waals surface area contributed by atoms with E-state index in [1.165, 1.54) is 38.5 Å². The zero-order valence-electron chi connectivity index (χ0n) is 15.2. The Bertz CT molecular complexity index is 285. The summed E-state index contributed by atoms with van der Waals surface area (Å²) >= 11 is 0. The van der Waals surface area contributed by atoms with Crippen molar-refractivity contribution in [2.24, 2.45) is 29.6 Å². The summed E-state index contributed by atoms with van der Waals surface area (Å²) in [5.74, 6) is 5.57. The van der Waals surface area contributed by atoms with Crippen molar-refractivity contribution in [1.82, 2.24) is 0 Å². The largest absolute Gasteiger partial charge is 0.0654 e. The molecule has 0 aromatic rings. The standard InChI is InChI=1S/C22H40/c1-2-3-7-18-10-12-20(13-11-18)22-16-14-21(15-17-22)19-8-5-4-6-9-19/h18-22H,2-17H2,1H3. The molecule has 0 aliphatic heterocycles. The summed E-state index contributed by atoms with van der Waals surface area (Å²) in [7, 11) is 0. The van der Waals surface area contributed by atoms with Gasteiger partial charge in [0.15, 0.2) is 0 Å². The molecule has 0 N–H and O–H groups in total. The van der Waals surface area contributed by atoms with Crippen LogP contribution in [-0.4, -0.2) is 0 Å². The van der Waals surface area contributed by atoms with E-state index in [0.717, 1.165) is 29.6 Å².